The van der Waals surface area contributed by atoms with Gasteiger partial charge in [-0.05, 0) is 26.7 Å². The SMILES string of the molecule is CCOC(=O)N1CCC(NCC(=O)NC(C)COC)CC1. The molecule has 1 heterocycles. The van der Waals surface area contributed by atoms with Crippen LogP contribution in [0.2, 0.25) is 0 Å². The molecule has 0 bridgehead atoms. The lowest BCUT2D eigenvalue weighted by Gasteiger charge is -2.31. The summed E-state index contributed by atoms with van der Waals surface area (Å²) in [5, 5.41) is 6.08. The number of likely N-dealkylation sites (tertiary alicyclic amines) is 1. The lowest BCUT2D eigenvalue weighted by molar-refractivity contribution is -0.121. The molecule has 1 saturated heterocycles. The molecule has 0 saturated carbocycles. The van der Waals surface area contributed by atoms with Gasteiger partial charge in [-0.3, -0.25) is 4.79 Å². The fraction of sp³-hybridized carbons (Fsp3) is 0.857. The number of ether oxygens (including phenoxy) is 2. The van der Waals surface area contributed by atoms with E-state index in [9.17, 15) is 9.59 Å². The van der Waals surface area contributed by atoms with Gasteiger partial charge in [0, 0.05) is 32.3 Å². The molecule has 1 fully saturated rings. The van der Waals surface area contributed by atoms with E-state index in [1.54, 1.807) is 18.9 Å². The maximum atomic E-state index is 11.7. The molecule has 122 valence electrons. The van der Waals surface area contributed by atoms with Crippen molar-refractivity contribution in [3.05, 3.63) is 0 Å². The van der Waals surface area contributed by atoms with Gasteiger partial charge in [0.15, 0.2) is 0 Å². The average Bonchev–Trinajstić information content (AvgIpc) is 2.46. The minimum atomic E-state index is -0.248. The monoisotopic (exact) mass is 301 g/mol. The molecule has 2 N–H and O–H groups in total. The Morgan fingerprint density at radius 2 is 2.00 bits per heavy atom. The van der Waals surface area contributed by atoms with Crippen LogP contribution in [-0.2, 0) is 14.3 Å². The molecule has 0 radical (unpaired) electrons. The van der Waals surface area contributed by atoms with Gasteiger partial charge in [-0.25, -0.2) is 4.79 Å². The number of carbonyl (C=O) groups is 2. The van der Waals surface area contributed by atoms with Crippen molar-refractivity contribution in [3.8, 4) is 0 Å². The Bertz CT molecular complexity index is 330. The molecule has 7 heteroatoms. The summed E-state index contributed by atoms with van der Waals surface area (Å²) in [6.45, 7) is 6.23. The third kappa shape index (κ3) is 6.77. The van der Waals surface area contributed by atoms with Crippen LogP contribution < -0.4 is 10.6 Å². The van der Waals surface area contributed by atoms with E-state index >= 15 is 0 Å². The molecule has 0 aromatic rings. The topological polar surface area (TPSA) is 79.9 Å². The lowest BCUT2D eigenvalue weighted by Crippen LogP contribution is -2.48. The van der Waals surface area contributed by atoms with Gasteiger partial charge in [-0.1, -0.05) is 0 Å². The number of amides is 2. The van der Waals surface area contributed by atoms with E-state index in [1.165, 1.54) is 0 Å². The van der Waals surface area contributed by atoms with Crippen LogP contribution in [0.5, 0.6) is 0 Å². The van der Waals surface area contributed by atoms with Gasteiger partial charge >= 0.3 is 6.09 Å². The van der Waals surface area contributed by atoms with E-state index in [-0.39, 0.29) is 30.6 Å². The predicted molar refractivity (Wildman–Crippen MR) is 79.1 cm³/mol. The van der Waals surface area contributed by atoms with Crippen molar-refractivity contribution in [1.82, 2.24) is 15.5 Å². The van der Waals surface area contributed by atoms with Crippen LogP contribution in [-0.4, -0.2) is 68.9 Å². The number of rotatable bonds is 7. The number of hydrogen-bond donors (Lipinski definition) is 2. The number of piperidine rings is 1. The van der Waals surface area contributed by atoms with Crippen molar-refractivity contribution in [3.63, 3.8) is 0 Å². The molecule has 21 heavy (non-hydrogen) atoms. The first kappa shape index (κ1) is 17.7. The van der Waals surface area contributed by atoms with Gasteiger partial charge in [0.1, 0.15) is 0 Å². The molecule has 1 aliphatic rings. The standard InChI is InChI=1S/C14H27N3O4/c1-4-21-14(19)17-7-5-12(6-8-17)15-9-13(18)16-11(2)10-20-3/h11-12,15H,4-10H2,1-3H3,(H,16,18). The molecule has 2 amide bonds. The van der Waals surface area contributed by atoms with Gasteiger partial charge in [-0.15, -0.1) is 0 Å². The van der Waals surface area contributed by atoms with Gasteiger partial charge in [-0.2, -0.15) is 0 Å². The Hall–Kier alpha value is -1.34. The van der Waals surface area contributed by atoms with E-state index in [0.29, 0.717) is 26.3 Å². The highest BCUT2D eigenvalue weighted by Gasteiger charge is 2.23. The van der Waals surface area contributed by atoms with Gasteiger partial charge in [0.2, 0.25) is 5.91 Å². The molecule has 1 aliphatic heterocycles. The summed E-state index contributed by atoms with van der Waals surface area (Å²) in [6.07, 6.45) is 1.42. The fourth-order valence-electron chi connectivity index (χ4n) is 2.34. The van der Waals surface area contributed by atoms with Crippen LogP contribution in [0.4, 0.5) is 4.79 Å². The first-order valence-corrected chi connectivity index (χ1v) is 7.50. The highest BCUT2D eigenvalue weighted by molar-refractivity contribution is 5.78. The van der Waals surface area contributed by atoms with Crippen molar-refractivity contribution >= 4 is 12.0 Å². The van der Waals surface area contributed by atoms with Gasteiger partial charge in [0.05, 0.1) is 19.8 Å². The number of carbonyl (C=O) groups excluding carboxylic acids is 2. The van der Waals surface area contributed by atoms with Crippen LogP contribution in [0.15, 0.2) is 0 Å². The zero-order valence-corrected chi connectivity index (χ0v) is 13.2. The maximum Gasteiger partial charge on any atom is 0.409 e. The van der Waals surface area contributed by atoms with Crippen LogP contribution in [0.1, 0.15) is 26.7 Å². The Kier molecular flexibility index (Phi) is 8.07. The molecule has 0 aromatic carbocycles. The number of methoxy groups -OCH3 is 1. The highest BCUT2D eigenvalue weighted by Crippen LogP contribution is 2.11. The van der Waals surface area contributed by atoms with E-state index in [0.717, 1.165) is 12.8 Å². The summed E-state index contributed by atoms with van der Waals surface area (Å²) in [5.41, 5.74) is 0. The van der Waals surface area contributed by atoms with Crippen molar-refractivity contribution in [2.75, 3.05) is 40.0 Å². The highest BCUT2D eigenvalue weighted by atomic mass is 16.6. The molecule has 1 unspecified atom stereocenters. The van der Waals surface area contributed by atoms with Crippen molar-refractivity contribution in [2.45, 2.75) is 38.8 Å². The lowest BCUT2D eigenvalue weighted by atomic mass is 10.1. The number of hydrogen-bond acceptors (Lipinski definition) is 5. The number of nitrogens with zero attached hydrogens (tertiary/aromatic N) is 1. The van der Waals surface area contributed by atoms with Crippen molar-refractivity contribution in [2.24, 2.45) is 0 Å². The summed E-state index contributed by atoms with van der Waals surface area (Å²) in [7, 11) is 1.61. The fourth-order valence-corrected chi connectivity index (χ4v) is 2.34. The molecule has 1 atom stereocenters. The third-order valence-corrected chi connectivity index (χ3v) is 3.40. The zero-order valence-electron chi connectivity index (χ0n) is 13.2. The molecular weight excluding hydrogens is 274 g/mol. The van der Waals surface area contributed by atoms with E-state index in [2.05, 4.69) is 10.6 Å². The molecule has 7 nitrogen and oxygen atoms in total. The van der Waals surface area contributed by atoms with E-state index in [4.69, 9.17) is 9.47 Å². The maximum absolute atomic E-state index is 11.7. The van der Waals surface area contributed by atoms with Gasteiger partial charge < -0.3 is 25.0 Å². The largest absolute Gasteiger partial charge is 0.450 e. The Morgan fingerprint density at radius 1 is 1.33 bits per heavy atom. The summed E-state index contributed by atoms with van der Waals surface area (Å²) in [6, 6.07) is 0.272. The summed E-state index contributed by atoms with van der Waals surface area (Å²) in [4.78, 5) is 25.0. The quantitative estimate of drug-likeness (QED) is 0.709. The van der Waals surface area contributed by atoms with E-state index in [1.807, 2.05) is 6.92 Å². The zero-order chi connectivity index (χ0) is 15.7. The smallest absolute Gasteiger partial charge is 0.409 e. The second-order valence-electron chi connectivity index (χ2n) is 5.27. The van der Waals surface area contributed by atoms with Gasteiger partial charge in [0.25, 0.3) is 0 Å². The van der Waals surface area contributed by atoms with Crippen LogP contribution in [0.25, 0.3) is 0 Å². The Balaban J connectivity index is 2.18. The van der Waals surface area contributed by atoms with Crippen molar-refractivity contribution < 1.29 is 19.1 Å². The van der Waals surface area contributed by atoms with Crippen LogP contribution in [0.3, 0.4) is 0 Å². The Labute approximate surface area is 126 Å². The molecule has 0 aromatic heterocycles. The second kappa shape index (κ2) is 9.57. The van der Waals surface area contributed by atoms with E-state index < -0.39 is 0 Å². The third-order valence-electron chi connectivity index (χ3n) is 3.40. The first-order valence-electron chi connectivity index (χ1n) is 7.50. The van der Waals surface area contributed by atoms with Crippen molar-refractivity contribution in [1.29, 1.82) is 0 Å². The van der Waals surface area contributed by atoms with Crippen LogP contribution in [0, 0.1) is 0 Å². The molecule has 0 aliphatic carbocycles. The molecule has 0 spiro atoms. The molecular formula is C14H27N3O4. The minimum Gasteiger partial charge on any atom is -0.450 e. The summed E-state index contributed by atoms with van der Waals surface area (Å²) in [5.74, 6) is -0.0348. The minimum absolute atomic E-state index is 0.00922. The average molecular weight is 301 g/mol. The number of nitrogens with one attached hydrogen (secondary N) is 2. The summed E-state index contributed by atoms with van der Waals surface area (Å²) >= 11 is 0. The normalized spacial score (nSPS) is 17.4. The Morgan fingerprint density at radius 3 is 2.57 bits per heavy atom. The predicted octanol–water partition coefficient (Wildman–Crippen LogP) is 0.348. The second-order valence-corrected chi connectivity index (χ2v) is 5.27. The first-order chi connectivity index (χ1) is 10.1. The summed E-state index contributed by atoms with van der Waals surface area (Å²) < 4.78 is 9.94. The van der Waals surface area contributed by atoms with Crippen LogP contribution >= 0.6 is 0 Å². The molecule has 1 rings (SSSR count).